The average molecular weight is 379 g/mol. The van der Waals surface area contributed by atoms with Crippen LogP contribution in [0.15, 0.2) is 6.20 Å². The summed E-state index contributed by atoms with van der Waals surface area (Å²) in [6.45, 7) is 6.36. The third kappa shape index (κ3) is 4.05. The smallest absolute Gasteiger partial charge is 0.407 e. The molecule has 25 heavy (non-hydrogen) atoms. The number of nitrogens with zero attached hydrogens (tertiary/aromatic N) is 2. The molecule has 0 aliphatic carbocycles. The van der Waals surface area contributed by atoms with Crippen LogP contribution >= 0.6 is 11.6 Å². The van der Waals surface area contributed by atoms with Crippen LogP contribution in [0.3, 0.4) is 0 Å². The molecule has 0 saturated carbocycles. The lowest BCUT2D eigenvalue weighted by atomic mass is 9.73. The van der Waals surface area contributed by atoms with E-state index in [2.05, 4.69) is 4.98 Å². The van der Waals surface area contributed by atoms with Crippen LogP contribution in [0, 0.1) is 5.41 Å². The highest BCUT2D eigenvalue weighted by atomic mass is 35.5. The summed E-state index contributed by atoms with van der Waals surface area (Å²) in [7, 11) is -1.17. The van der Waals surface area contributed by atoms with Crippen LogP contribution in [-0.4, -0.2) is 51.6 Å². The van der Waals surface area contributed by atoms with Crippen molar-refractivity contribution in [1.29, 1.82) is 0 Å². The summed E-state index contributed by atoms with van der Waals surface area (Å²) in [5, 5.41) is -0.0820. The minimum atomic E-state index is -4.60. The Balaban J connectivity index is 2.00. The van der Waals surface area contributed by atoms with E-state index in [1.807, 2.05) is 18.7 Å². The Kier molecular flexibility index (Phi) is 5.21. The van der Waals surface area contributed by atoms with Gasteiger partial charge in [-0.05, 0) is 0 Å². The van der Waals surface area contributed by atoms with Gasteiger partial charge in [0.25, 0.3) is 0 Å². The van der Waals surface area contributed by atoms with Gasteiger partial charge < -0.3 is 18.9 Å². The van der Waals surface area contributed by atoms with Gasteiger partial charge in [0.15, 0.2) is 0 Å². The molecule has 2 saturated heterocycles. The van der Waals surface area contributed by atoms with Gasteiger partial charge >= 0.3 is 13.3 Å². The molecule has 0 N–H and O–H groups in total. The Hall–Kier alpha value is -1.03. The molecule has 3 rings (SSSR count). The molecule has 0 amide bonds. The van der Waals surface area contributed by atoms with Crippen LogP contribution in [0.25, 0.3) is 0 Å². The number of halogens is 4. The zero-order chi connectivity index (χ0) is 18.2. The lowest BCUT2D eigenvalue weighted by molar-refractivity contribution is -0.137. The average Bonchev–Trinajstić information content (AvgIpc) is 2.55. The molecule has 0 unspecified atom stereocenters. The number of rotatable bonds is 2. The molecule has 0 radical (unpaired) electrons. The Morgan fingerprint density at radius 1 is 1.20 bits per heavy atom. The van der Waals surface area contributed by atoms with E-state index in [1.165, 1.54) is 0 Å². The van der Waals surface area contributed by atoms with E-state index in [4.69, 9.17) is 25.6 Å². The van der Waals surface area contributed by atoms with Crippen molar-refractivity contribution in [3.05, 3.63) is 16.8 Å². The molecule has 2 aliphatic heterocycles. The first-order valence-corrected chi connectivity index (χ1v) is 8.38. The van der Waals surface area contributed by atoms with Gasteiger partial charge in [-0.25, -0.2) is 4.98 Å². The highest BCUT2D eigenvalue weighted by molar-refractivity contribution is 6.66. The van der Waals surface area contributed by atoms with Gasteiger partial charge in [0.05, 0.1) is 23.8 Å². The van der Waals surface area contributed by atoms with Crippen molar-refractivity contribution in [2.24, 2.45) is 5.41 Å². The number of ether oxygens (including phenoxy) is 1. The van der Waals surface area contributed by atoms with E-state index in [-0.39, 0.29) is 29.1 Å². The van der Waals surface area contributed by atoms with E-state index in [0.29, 0.717) is 32.1 Å². The quantitative estimate of drug-likeness (QED) is 0.739. The van der Waals surface area contributed by atoms with Gasteiger partial charge in [-0.2, -0.15) is 13.2 Å². The van der Waals surface area contributed by atoms with Crippen molar-refractivity contribution < 1.29 is 27.2 Å². The van der Waals surface area contributed by atoms with E-state index in [0.717, 1.165) is 6.20 Å². The number of alkyl halides is 3. The maximum absolute atomic E-state index is 13.5. The molecule has 0 aromatic carbocycles. The zero-order valence-corrected chi connectivity index (χ0v) is 14.8. The maximum Gasteiger partial charge on any atom is 0.496 e. The molecule has 2 aliphatic rings. The SMILES string of the molecule is CC1(C)COB(c2c(C(F)(F)F)cnc(N3CCOCC3)c2Cl)OC1. The van der Waals surface area contributed by atoms with E-state index in [9.17, 15) is 13.2 Å². The normalized spacial score (nSPS) is 21.5. The lowest BCUT2D eigenvalue weighted by Crippen LogP contribution is -2.50. The largest absolute Gasteiger partial charge is 0.496 e. The first-order valence-electron chi connectivity index (χ1n) is 8.00. The van der Waals surface area contributed by atoms with Crippen molar-refractivity contribution in [1.82, 2.24) is 4.98 Å². The topological polar surface area (TPSA) is 43.8 Å². The number of pyridine rings is 1. The summed E-state index contributed by atoms with van der Waals surface area (Å²) in [6.07, 6.45) is -3.80. The first-order chi connectivity index (χ1) is 11.7. The second-order valence-corrected chi connectivity index (χ2v) is 7.32. The Morgan fingerprint density at radius 3 is 2.36 bits per heavy atom. The van der Waals surface area contributed by atoms with Gasteiger partial charge in [0.2, 0.25) is 0 Å². The second kappa shape index (κ2) is 6.94. The summed E-state index contributed by atoms with van der Waals surface area (Å²) < 4.78 is 56.8. The summed E-state index contributed by atoms with van der Waals surface area (Å²) in [5.74, 6) is 0.296. The maximum atomic E-state index is 13.5. The Bertz CT molecular complexity index is 629. The second-order valence-electron chi connectivity index (χ2n) is 6.94. The van der Waals surface area contributed by atoms with Gasteiger partial charge in [0, 0.05) is 43.4 Å². The highest BCUT2D eigenvalue weighted by Crippen LogP contribution is 2.34. The molecule has 138 valence electrons. The molecule has 0 bridgehead atoms. The first kappa shape index (κ1) is 18.8. The summed E-state index contributed by atoms with van der Waals surface area (Å²) >= 11 is 6.35. The van der Waals surface area contributed by atoms with Crippen LogP contribution in [0.4, 0.5) is 19.0 Å². The van der Waals surface area contributed by atoms with Crippen molar-refractivity contribution in [2.75, 3.05) is 44.4 Å². The van der Waals surface area contributed by atoms with Gasteiger partial charge in [-0.1, -0.05) is 25.4 Å². The Labute approximate surface area is 149 Å². The minimum Gasteiger partial charge on any atom is -0.407 e. The molecular weight excluding hydrogens is 359 g/mol. The van der Waals surface area contributed by atoms with Gasteiger partial charge in [-0.3, -0.25) is 0 Å². The number of hydrogen-bond acceptors (Lipinski definition) is 5. The van der Waals surface area contributed by atoms with Crippen molar-refractivity contribution in [3.8, 4) is 0 Å². The fourth-order valence-corrected chi connectivity index (χ4v) is 3.16. The summed E-state index contributed by atoms with van der Waals surface area (Å²) in [4.78, 5) is 5.77. The number of hydrogen-bond donors (Lipinski definition) is 0. The third-order valence-electron chi connectivity index (χ3n) is 4.14. The van der Waals surface area contributed by atoms with Crippen LogP contribution in [0.2, 0.25) is 5.02 Å². The zero-order valence-electron chi connectivity index (χ0n) is 14.0. The van der Waals surface area contributed by atoms with Gasteiger partial charge in [-0.15, -0.1) is 0 Å². The lowest BCUT2D eigenvalue weighted by Gasteiger charge is -2.35. The number of aromatic nitrogens is 1. The standard InChI is InChI=1S/C15H19BClF3N2O3/c1-14(2)8-24-16(25-9-14)11-10(15(18,19)20)7-21-13(12(11)17)22-3-5-23-6-4-22/h7H,3-6,8-9H2,1-2H3. The van der Waals surface area contributed by atoms with Crippen molar-refractivity contribution >= 4 is 30.0 Å². The molecular formula is C15H19BClF3N2O3. The van der Waals surface area contributed by atoms with Gasteiger partial charge in [0.1, 0.15) is 5.82 Å². The number of morpholine rings is 1. The monoisotopic (exact) mass is 378 g/mol. The molecule has 2 fully saturated rings. The van der Waals surface area contributed by atoms with Crippen LogP contribution in [0.5, 0.6) is 0 Å². The fraction of sp³-hybridized carbons (Fsp3) is 0.667. The van der Waals surface area contributed by atoms with E-state index < -0.39 is 18.9 Å². The van der Waals surface area contributed by atoms with Crippen molar-refractivity contribution in [3.63, 3.8) is 0 Å². The van der Waals surface area contributed by atoms with Crippen LogP contribution < -0.4 is 10.4 Å². The summed E-state index contributed by atoms with van der Waals surface area (Å²) in [5.41, 5.74) is -1.40. The molecule has 5 nitrogen and oxygen atoms in total. The fourth-order valence-electron chi connectivity index (χ4n) is 2.80. The molecule has 0 spiro atoms. The molecule has 1 aromatic rings. The van der Waals surface area contributed by atoms with Crippen molar-refractivity contribution in [2.45, 2.75) is 20.0 Å². The molecule has 0 atom stereocenters. The summed E-state index contributed by atoms with van der Waals surface area (Å²) in [6, 6.07) is 0. The third-order valence-corrected chi connectivity index (χ3v) is 4.51. The molecule has 3 heterocycles. The number of anilines is 1. The van der Waals surface area contributed by atoms with Crippen LogP contribution in [-0.2, 0) is 20.2 Å². The molecule has 10 heteroatoms. The predicted octanol–water partition coefficient (Wildman–Crippen LogP) is 2.36. The highest BCUT2D eigenvalue weighted by Gasteiger charge is 2.44. The van der Waals surface area contributed by atoms with E-state index >= 15 is 0 Å². The predicted molar refractivity (Wildman–Crippen MR) is 88.4 cm³/mol. The van der Waals surface area contributed by atoms with Crippen LogP contribution in [0.1, 0.15) is 19.4 Å². The minimum absolute atomic E-state index is 0.0820. The van der Waals surface area contributed by atoms with E-state index in [1.54, 1.807) is 0 Å². The molecule has 1 aromatic heterocycles. The Morgan fingerprint density at radius 2 is 1.80 bits per heavy atom.